The van der Waals surface area contributed by atoms with Crippen LogP contribution in [-0.2, 0) is 6.42 Å². The van der Waals surface area contributed by atoms with Crippen LogP contribution in [0, 0.1) is 0 Å². The second kappa shape index (κ2) is 6.59. The molecule has 0 saturated heterocycles. The third-order valence-electron chi connectivity index (χ3n) is 2.68. The molecule has 0 aliphatic rings. The molecule has 0 saturated carbocycles. The molecule has 2 nitrogen and oxygen atoms in total. The van der Waals surface area contributed by atoms with Gasteiger partial charge in [-0.3, -0.25) is 0 Å². The molecule has 0 radical (unpaired) electrons. The Morgan fingerprint density at radius 3 is 2.47 bits per heavy atom. The van der Waals surface area contributed by atoms with Gasteiger partial charge >= 0.3 is 0 Å². The van der Waals surface area contributed by atoms with Gasteiger partial charge in [0.2, 0.25) is 0 Å². The zero-order valence-electron chi connectivity index (χ0n) is 9.61. The van der Waals surface area contributed by atoms with Gasteiger partial charge in [-0.15, -0.1) is 0 Å². The second-order valence-electron chi connectivity index (χ2n) is 4.05. The van der Waals surface area contributed by atoms with Crippen LogP contribution in [-0.4, -0.2) is 23.8 Å². The monoisotopic (exact) mass is 207 g/mol. The predicted molar refractivity (Wildman–Crippen MR) is 63.9 cm³/mol. The van der Waals surface area contributed by atoms with Crippen LogP contribution in [0.5, 0.6) is 0 Å². The SMILES string of the molecule is CCC(C)N[C@@H](CO)Cc1ccccc1. The zero-order chi connectivity index (χ0) is 11.1. The summed E-state index contributed by atoms with van der Waals surface area (Å²) >= 11 is 0. The molecule has 2 N–H and O–H groups in total. The van der Waals surface area contributed by atoms with Gasteiger partial charge in [-0.05, 0) is 25.3 Å². The van der Waals surface area contributed by atoms with E-state index in [4.69, 9.17) is 0 Å². The first-order valence-corrected chi connectivity index (χ1v) is 5.67. The molecule has 2 atom stereocenters. The number of rotatable bonds is 6. The smallest absolute Gasteiger partial charge is 0.0587 e. The Morgan fingerprint density at radius 2 is 1.93 bits per heavy atom. The molecule has 0 heterocycles. The predicted octanol–water partition coefficient (Wildman–Crippen LogP) is 1.98. The van der Waals surface area contributed by atoms with E-state index in [1.807, 2.05) is 18.2 Å². The first-order valence-electron chi connectivity index (χ1n) is 5.67. The molecule has 0 aliphatic carbocycles. The van der Waals surface area contributed by atoms with Crippen LogP contribution in [0.3, 0.4) is 0 Å². The van der Waals surface area contributed by atoms with E-state index in [1.54, 1.807) is 0 Å². The van der Waals surface area contributed by atoms with Gasteiger partial charge in [-0.2, -0.15) is 0 Å². The fourth-order valence-corrected chi connectivity index (χ4v) is 1.60. The van der Waals surface area contributed by atoms with E-state index >= 15 is 0 Å². The van der Waals surface area contributed by atoms with Gasteiger partial charge in [0.15, 0.2) is 0 Å². The van der Waals surface area contributed by atoms with Crippen LogP contribution in [0.1, 0.15) is 25.8 Å². The van der Waals surface area contributed by atoms with Crippen LogP contribution in [0.15, 0.2) is 30.3 Å². The number of hydrogen-bond donors (Lipinski definition) is 2. The number of nitrogens with one attached hydrogen (secondary N) is 1. The highest BCUT2D eigenvalue weighted by molar-refractivity contribution is 5.15. The van der Waals surface area contributed by atoms with Crippen molar-refractivity contribution in [3.63, 3.8) is 0 Å². The normalized spacial score (nSPS) is 14.9. The third-order valence-corrected chi connectivity index (χ3v) is 2.68. The van der Waals surface area contributed by atoms with Crippen molar-refractivity contribution in [2.75, 3.05) is 6.61 Å². The molecular weight excluding hydrogens is 186 g/mol. The zero-order valence-corrected chi connectivity index (χ0v) is 9.61. The first-order chi connectivity index (χ1) is 7.26. The Kier molecular flexibility index (Phi) is 5.37. The average Bonchev–Trinajstić information content (AvgIpc) is 2.29. The third kappa shape index (κ3) is 4.45. The fourth-order valence-electron chi connectivity index (χ4n) is 1.60. The van der Waals surface area contributed by atoms with Crippen molar-refractivity contribution in [2.24, 2.45) is 0 Å². The highest BCUT2D eigenvalue weighted by atomic mass is 16.3. The van der Waals surface area contributed by atoms with Crippen molar-refractivity contribution in [2.45, 2.75) is 38.8 Å². The standard InChI is InChI=1S/C13H21NO/c1-3-11(2)14-13(10-15)9-12-7-5-4-6-8-12/h4-8,11,13-15H,3,9-10H2,1-2H3/t11?,13-/m1/s1. The second-order valence-corrected chi connectivity index (χ2v) is 4.05. The molecular formula is C13H21NO. The minimum Gasteiger partial charge on any atom is -0.395 e. The van der Waals surface area contributed by atoms with E-state index in [1.165, 1.54) is 5.56 Å². The summed E-state index contributed by atoms with van der Waals surface area (Å²) in [6, 6.07) is 10.9. The lowest BCUT2D eigenvalue weighted by atomic mass is 10.1. The molecule has 15 heavy (non-hydrogen) atoms. The van der Waals surface area contributed by atoms with E-state index < -0.39 is 0 Å². The molecule has 84 valence electrons. The van der Waals surface area contributed by atoms with Crippen molar-refractivity contribution in [1.82, 2.24) is 5.32 Å². The molecule has 0 bridgehead atoms. The summed E-state index contributed by atoms with van der Waals surface area (Å²) in [6.07, 6.45) is 1.98. The lowest BCUT2D eigenvalue weighted by Gasteiger charge is -2.20. The quantitative estimate of drug-likeness (QED) is 0.747. The van der Waals surface area contributed by atoms with E-state index in [2.05, 4.69) is 31.3 Å². The highest BCUT2D eigenvalue weighted by Crippen LogP contribution is 2.04. The number of aliphatic hydroxyl groups excluding tert-OH is 1. The molecule has 1 aromatic rings. The lowest BCUT2D eigenvalue weighted by molar-refractivity contribution is 0.231. The molecule has 0 aromatic heterocycles. The van der Waals surface area contributed by atoms with Crippen LogP contribution in [0.2, 0.25) is 0 Å². The van der Waals surface area contributed by atoms with E-state index in [0.717, 1.165) is 12.8 Å². The van der Waals surface area contributed by atoms with Gasteiger partial charge in [0.1, 0.15) is 0 Å². The Bertz CT molecular complexity index is 260. The maximum Gasteiger partial charge on any atom is 0.0587 e. The van der Waals surface area contributed by atoms with E-state index in [-0.39, 0.29) is 12.6 Å². The summed E-state index contributed by atoms with van der Waals surface area (Å²) < 4.78 is 0. The van der Waals surface area contributed by atoms with Gasteiger partial charge in [0, 0.05) is 12.1 Å². The van der Waals surface area contributed by atoms with Crippen LogP contribution < -0.4 is 5.32 Å². The van der Waals surface area contributed by atoms with Crippen molar-refractivity contribution in [1.29, 1.82) is 0 Å². The van der Waals surface area contributed by atoms with Crippen molar-refractivity contribution < 1.29 is 5.11 Å². The maximum atomic E-state index is 9.27. The Labute approximate surface area is 92.3 Å². The maximum absolute atomic E-state index is 9.27. The fraction of sp³-hybridized carbons (Fsp3) is 0.538. The summed E-state index contributed by atoms with van der Waals surface area (Å²) in [7, 11) is 0. The first kappa shape index (κ1) is 12.2. The molecule has 1 aromatic carbocycles. The summed E-state index contributed by atoms with van der Waals surface area (Å²) in [6.45, 7) is 4.49. The summed E-state index contributed by atoms with van der Waals surface area (Å²) in [5.74, 6) is 0. The Morgan fingerprint density at radius 1 is 1.27 bits per heavy atom. The Balaban J connectivity index is 2.47. The summed E-state index contributed by atoms with van der Waals surface area (Å²) in [4.78, 5) is 0. The van der Waals surface area contributed by atoms with Gasteiger partial charge in [0.05, 0.1) is 6.61 Å². The number of hydrogen-bond acceptors (Lipinski definition) is 2. The molecule has 0 fully saturated rings. The molecule has 2 heteroatoms. The van der Waals surface area contributed by atoms with Gasteiger partial charge in [0.25, 0.3) is 0 Å². The average molecular weight is 207 g/mol. The number of aliphatic hydroxyl groups is 1. The van der Waals surface area contributed by atoms with Gasteiger partial charge in [-0.25, -0.2) is 0 Å². The van der Waals surface area contributed by atoms with Gasteiger partial charge in [-0.1, -0.05) is 37.3 Å². The minimum atomic E-state index is 0.169. The van der Waals surface area contributed by atoms with E-state index in [9.17, 15) is 5.11 Å². The molecule has 0 amide bonds. The molecule has 0 aliphatic heterocycles. The van der Waals surface area contributed by atoms with Crippen LogP contribution in [0.4, 0.5) is 0 Å². The molecule has 0 spiro atoms. The van der Waals surface area contributed by atoms with Crippen molar-refractivity contribution in [3.05, 3.63) is 35.9 Å². The minimum absolute atomic E-state index is 0.169. The molecule has 1 unspecified atom stereocenters. The van der Waals surface area contributed by atoms with Crippen LogP contribution in [0.25, 0.3) is 0 Å². The summed E-state index contributed by atoms with van der Waals surface area (Å²) in [5.41, 5.74) is 1.27. The van der Waals surface area contributed by atoms with Gasteiger partial charge < -0.3 is 10.4 Å². The topological polar surface area (TPSA) is 32.3 Å². The lowest BCUT2D eigenvalue weighted by Crippen LogP contribution is -2.40. The summed E-state index contributed by atoms with van der Waals surface area (Å²) in [5, 5.41) is 12.7. The van der Waals surface area contributed by atoms with E-state index in [0.29, 0.717) is 6.04 Å². The largest absolute Gasteiger partial charge is 0.395 e. The highest BCUT2D eigenvalue weighted by Gasteiger charge is 2.10. The van der Waals surface area contributed by atoms with Crippen molar-refractivity contribution >= 4 is 0 Å². The number of benzene rings is 1. The Hall–Kier alpha value is -0.860. The van der Waals surface area contributed by atoms with Crippen LogP contribution >= 0.6 is 0 Å². The van der Waals surface area contributed by atoms with Crippen molar-refractivity contribution in [3.8, 4) is 0 Å². The molecule has 1 rings (SSSR count).